The SMILES string of the molecule is CC[C@H](C)C(=O)O[C@]1(O[C@@H]2OC(C)[C@@H](O)C(O)C2O)CC(C)O[C@@H](OC(=O)[C@]23CCC(C)(C)CC2C2=CCC4[C@@]5(C)CC[C@H](O[C@@H]6OC(C(=O)O)[C@H](O)C(O[C@@H]7OC[C@@H](O)C(O)C7O)[C@@H]6O[C@@H]6OC(CO)[C@H](O)C(O)C6O)C(C)(C)C5CC[C@@]4(C)[C@]2(C)CC3)C1O[C@@H]1OC(C)[C@H](O[C@H]2OCC(O)[C@H](OC3(O)COCC3(O)CO)C2O)C(O)C1O. The number of esters is 2. The zero-order valence-corrected chi connectivity index (χ0v) is 69.3. The molecule has 119 heavy (non-hydrogen) atoms. The summed E-state index contributed by atoms with van der Waals surface area (Å²) in [5.74, 6) is -10.1. The quantitative estimate of drug-likeness (QED) is 0.0215. The first-order valence-electron chi connectivity index (χ1n) is 41.9. The van der Waals surface area contributed by atoms with Gasteiger partial charge in [0.05, 0.1) is 68.8 Å². The number of rotatable bonds is 22. The van der Waals surface area contributed by atoms with Gasteiger partial charge < -0.3 is 178 Å². The molecule has 8 heterocycles. The zero-order valence-electron chi connectivity index (χ0n) is 69.3. The standard InChI is InChI=1S/C80H128O39/c1-13-32(2)63(99)118-79(119-68-52(93)47(88)44(85)34(4)107-68)24-33(3)106-70(61(79)115-66-53(94)49(90)56(35(5)108-66)111-65-55(96)57(39(84)28-105-65)117-80(102)31-103-30-78(80,101)29-82)116-71(100)77-22-20-72(6,7)25-37(77)36-14-15-42-74(10)18-17-43(73(8,9)41(74)16-19-76(42,12)75(36,11)21-23-77)110-69-60(114-67-51(92)48(89)46(87)40(26-81)109-67)58(54(95)59(113-69)62(97)98)112-64-50(91)45(86)38(83)27-104-64/h14,32-35,37-61,64-70,81-96,101-102H,13,15-31H2,1-12H3,(H,97,98)/t32-,33?,34?,35?,37?,38+,39?,40?,41?,42?,43-,44+,45?,46-,47?,48?,49?,50?,51?,52?,53?,54+,55?,56-,57-,58?,59?,60-,61?,64-,65+,66-,67-,68-,69+,70-,74-,75+,76+,77-,78?,79-,80?/m0/s1. The smallest absolute Gasteiger partial charge is 0.335 e. The molecule has 682 valence electrons. The first-order valence-corrected chi connectivity index (χ1v) is 41.9. The number of carbonyl (C=O) groups excluding carboxylic acids is 2. The molecule has 13 rings (SSSR count). The average Bonchev–Trinajstić information content (AvgIpc) is 0.923. The fraction of sp³-hybridized carbons (Fsp3) is 0.938. The van der Waals surface area contributed by atoms with Crippen LogP contribution in [0.5, 0.6) is 0 Å². The molecule has 0 aromatic rings. The molecule has 0 radical (unpaired) electrons. The summed E-state index contributed by atoms with van der Waals surface area (Å²) in [7, 11) is 0. The van der Waals surface area contributed by atoms with Crippen molar-refractivity contribution in [3.8, 4) is 0 Å². The average molecular weight is 1710 g/mol. The molecule has 8 aliphatic heterocycles. The normalized spacial score (nSPS) is 52.6. The molecule has 13 aliphatic rings. The van der Waals surface area contributed by atoms with Gasteiger partial charge in [0.1, 0.15) is 123 Å². The first-order chi connectivity index (χ1) is 55.6. The summed E-state index contributed by atoms with van der Waals surface area (Å²) in [6, 6.07) is 0. The molecule has 12 fully saturated rings. The van der Waals surface area contributed by atoms with Gasteiger partial charge in [0.15, 0.2) is 55.5 Å². The van der Waals surface area contributed by atoms with Gasteiger partial charge in [-0.05, 0) is 136 Å². The molecule has 4 saturated carbocycles. The van der Waals surface area contributed by atoms with Crippen LogP contribution >= 0.6 is 0 Å². The Balaban J connectivity index is 0.793. The Hall–Kier alpha value is -3.17. The first kappa shape index (κ1) is 93.5. The summed E-state index contributed by atoms with van der Waals surface area (Å²) in [4.78, 5) is 44.3. The predicted octanol–water partition coefficient (Wildman–Crippen LogP) is -3.70. The summed E-state index contributed by atoms with van der Waals surface area (Å²) >= 11 is 0. The predicted molar refractivity (Wildman–Crippen MR) is 395 cm³/mol. The molecule has 8 saturated heterocycles. The van der Waals surface area contributed by atoms with E-state index < -0.39 is 317 Å². The van der Waals surface area contributed by atoms with Gasteiger partial charge in [0.25, 0.3) is 5.79 Å². The highest BCUT2D eigenvalue weighted by molar-refractivity contribution is 5.79. The lowest BCUT2D eigenvalue weighted by Crippen LogP contribution is -2.69. The number of carbonyl (C=O) groups is 3. The number of hydrogen-bond acceptors (Lipinski definition) is 38. The summed E-state index contributed by atoms with van der Waals surface area (Å²) in [6.07, 6.45) is -50.7. The Morgan fingerprint density at radius 1 is 0.546 bits per heavy atom. The van der Waals surface area contributed by atoms with E-state index in [0.29, 0.717) is 57.8 Å². The molecule has 0 aromatic carbocycles. The number of hydrogen-bond donors (Lipinski definition) is 19. The van der Waals surface area contributed by atoms with Crippen LogP contribution < -0.4 is 0 Å². The number of aliphatic carboxylic acids is 1. The Bertz CT molecular complexity index is 3560. The van der Waals surface area contributed by atoms with Crippen molar-refractivity contribution in [2.24, 2.45) is 56.2 Å². The second-order valence-electron chi connectivity index (χ2n) is 38.2. The lowest BCUT2D eigenvalue weighted by atomic mass is 9.33. The largest absolute Gasteiger partial charge is 0.479 e. The fourth-order valence-corrected chi connectivity index (χ4v) is 22.1. The van der Waals surface area contributed by atoms with Crippen LogP contribution in [0.3, 0.4) is 0 Å². The number of ether oxygens (including phenoxy) is 17. The van der Waals surface area contributed by atoms with E-state index in [1.807, 2.05) is 13.8 Å². The molecule has 0 spiro atoms. The van der Waals surface area contributed by atoms with Gasteiger partial charge in [-0.3, -0.25) is 9.59 Å². The summed E-state index contributed by atoms with van der Waals surface area (Å²) < 4.78 is 105. The Morgan fingerprint density at radius 2 is 1.16 bits per heavy atom. The molecule has 5 aliphatic carbocycles. The molecular formula is C80H128O39. The molecule has 0 amide bonds. The second kappa shape index (κ2) is 34.8. The lowest BCUT2D eigenvalue weighted by molar-refractivity contribution is -0.437. The number of fused-ring (bicyclic) bond motifs is 7. The molecule has 0 aromatic heterocycles. The van der Waals surface area contributed by atoms with Crippen molar-refractivity contribution >= 4 is 17.9 Å². The number of aliphatic hydroxyl groups excluding tert-OH is 16. The van der Waals surface area contributed by atoms with Gasteiger partial charge in [-0.2, -0.15) is 0 Å². The maximum Gasteiger partial charge on any atom is 0.335 e. The lowest BCUT2D eigenvalue weighted by Gasteiger charge is -2.71. The van der Waals surface area contributed by atoms with Crippen LogP contribution in [0.4, 0.5) is 0 Å². The monoisotopic (exact) mass is 1710 g/mol. The highest BCUT2D eigenvalue weighted by Gasteiger charge is 2.72. The van der Waals surface area contributed by atoms with Crippen molar-refractivity contribution in [2.75, 3.05) is 39.6 Å². The minimum absolute atomic E-state index is 0.0232. The zero-order chi connectivity index (χ0) is 87.0. The summed E-state index contributed by atoms with van der Waals surface area (Å²) in [6.45, 7) is 18.5. The van der Waals surface area contributed by atoms with Crippen molar-refractivity contribution in [2.45, 2.75) is 374 Å². The second-order valence-corrected chi connectivity index (χ2v) is 38.2. The van der Waals surface area contributed by atoms with Crippen molar-refractivity contribution in [3.63, 3.8) is 0 Å². The van der Waals surface area contributed by atoms with E-state index in [9.17, 15) is 107 Å². The maximum absolute atomic E-state index is 16.5. The van der Waals surface area contributed by atoms with Crippen LogP contribution in [0.2, 0.25) is 0 Å². The minimum atomic E-state index is -2.65. The molecule has 0 bridgehead atoms. The Kier molecular flexibility index (Phi) is 27.3. The van der Waals surface area contributed by atoms with Gasteiger partial charge in [-0.15, -0.1) is 0 Å². The van der Waals surface area contributed by atoms with Crippen LogP contribution in [0.25, 0.3) is 0 Å². The van der Waals surface area contributed by atoms with Crippen LogP contribution in [0.1, 0.15) is 160 Å². The van der Waals surface area contributed by atoms with E-state index in [0.717, 1.165) is 5.57 Å². The van der Waals surface area contributed by atoms with Crippen LogP contribution in [0.15, 0.2) is 11.6 Å². The third-order valence-electron chi connectivity index (χ3n) is 29.9. The van der Waals surface area contributed by atoms with E-state index in [1.165, 1.54) is 13.8 Å². The maximum atomic E-state index is 16.5. The number of aliphatic hydroxyl groups is 18. The van der Waals surface area contributed by atoms with Crippen LogP contribution in [-0.4, -0.2) is 368 Å². The highest BCUT2D eigenvalue weighted by atomic mass is 16.8. The van der Waals surface area contributed by atoms with E-state index in [1.54, 1.807) is 20.8 Å². The Labute approximate surface area is 688 Å². The number of carboxylic acids is 1. The van der Waals surface area contributed by atoms with Crippen molar-refractivity contribution in [1.29, 1.82) is 0 Å². The molecule has 39 nitrogen and oxygen atoms in total. The molecule has 19 N–H and O–H groups in total. The van der Waals surface area contributed by atoms with E-state index in [4.69, 9.17) is 80.5 Å². The molecule has 22 unspecified atom stereocenters. The number of allylic oxidation sites excluding steroid dienone is 2. The van der Waals surface area contributed by atoms with Crippen molar-refractivity contribution in [3.05, 3.63) is 11.6 Å². The van der Waals surface area contributed by atoms with Gasteiger partial charge in [0, 0.05) is 6.42 Å². The van der Waals surface area contributed by atoms with Gasteiger partial charge in [0.2, 0.25) is 12.1 Å². The topological polar surface area (TPSA) is 592 Å². The third-order valence-corrected chi connectivity index (χ3v) is 29.9. The van der Waals surface area contributed by atoms with E-state index >= 15 is 4.79 Å². The summed E-state index contributed by atoms with van der Waals surface area (Å²) in [5, 5.41) is 211. The molecule has 43 atom stereocenters. The highest BCUT2D eigenvalue weighted by Crippen LogP contribution is 2.76. The van der Waals surface area contributed by atoms with Crippen molar-refractivity contribution in [1.82, 2.24) is 0 Å². The Morgan fingerprint density at radius 3 is 1.83 bits per heavy atom. The summed E-state index contributed by atoms with van der Waals surface area (Å²) in [5.41, 5.74) is -5.28. The van der Waals surface area contributed by atoms with Gasteiger partial charge >= 0.3 is 17.9 Å². The molecule has 39 heteroatoms. The van der Waals surface area contributed by atoms with Gasteiger partial charge in [-0.1, -0.05) is 74.0 Å². The van der Waals surface area contributed by atoms with Gasteiger partial charge in [-0.25, -0.2) is 4.79 Å². The van der Waals surface area contributed by atoms with Crippen LogP contribution in [-0.2, 0) is 94.9 Å². The minimum Gasteiger partial charge on any atom is -0.479 e. The third kappa shape index (κ3) is 16.5. The van der Waals surface area contributed by atoms with Crippen LogP contribution in [0, 0.1) is 56.2 Å². The fourth-order valence-electron chi connectivity index (χ4n) is 22.1. The van der Waals surface area contributed by atoms with Crippen molar-refractivity contribution < 1.29 is 192 Å². The van der Waals surface area contributed by atoms with E-state index in [2.05, 4.69) is 40.7 Å². The number of carboxylic acid groups (broad SMARTS) is 1. The molecular weight excluding hydrogens is 1580 g/mol. The van der Waals surface area contributed by atoms with E-state index in [-0.39, 0.29) is 30.1 Å².